The predicted molar refractivity (Wildman–Crippen MR) is 116 cm³/mol. The molecular formula is C25H24N2O2. The molecule has 29 heavy (non-hydrogen) atoms. The number of amides is 1. The Bertz CT molecular complexity index is 1090. The summed E-state index contributed by atoms with van der Waals surface area (Å²) in [6, 6.07) is 28.0. The first-order valence-electron chi connectivity index (χ1n) is 9.79. The fourth-order valence-corrected chi connectivity index (χ4v) is 3.46. The van der Waals surface area contributed by atoms with E-state index in [9.17, 15) is 4.79 Å². The molecule has 0 aliphatic heterocycles. The number of ether oxygens (including phenoxy) is 1. The molecule has 0 bridgehead atoms. The maximum Gasteiger partial charge on any atom is 0.240 e. The van der Waals surface area contributed by atoms with Crippen molar-refractivity contribution in [2.75, 3.05) is 0 Å². The molecule has 0 aliphatic rings. The number of carbonyl (C=O) groups is 1. The van der Waals surface area contributed by atoms with E-state index in [-0.39, 0.29) is 18.5 Å². The highest BCUT2D eigenvalue weighted by Gasteiger charge is 2.12. The van der Waals surface area contributed by atoms with Gasteiger partial charge in [-0.3, -0.25) is 4.79 Å². The first kappa shape index (κ1) is 18.8. The van der Waals surface area contributed by atoms with Gasteiger partial charge in [0.2, 0.25) is 5.91 Å². The Morgan fingerprint density at radius 2 is 1.66 bits per heavy atom. The zero-order valence-corrected chi connectivity index (χ0v) is 16.4. The molecule has 0 saturated heterocycles. The van der Waals surface area contributed by atoms with Gasteiger partial charge < -0.3 is 14.6 Å². The molecule has 0 radical (unpaired) electrons. The van der Waals surface area contributed by atoms with Gasteiger partial charge in [-0.25, -0.2) is 0 Å². The van der Waals surface area contributed by atoms with Gasteiger partial charge in [0.1, 0.15) is 18.9 Å². The van der Waals surface area contributed by atoms with Crippen molar-refractivity contribution in [2.24, 2.45) is 0 Å². The van der Waals surface area contributed by atoms with Crippen LogP contribution in [0.1, 0.15) is 24.1 Å². The van der Waals surface area contributed by atoms with Gasteiger partial charge in [-0.2, -0.15) is 0 Å². The van der Waals surface area contributed by atoms with Crippen LogP contribution in [0.4, 0.5) is 0 Å². The Kier molecular flexibility index (Phi) is 5.61. The Balaban J connectivity index is 1.45. The lowest BCUT2D eigenvalue weighted by Gasteiger charge is -2.15. The van der Waals surface area contributed by atoms with Crippen LogP contribution in [0.3, 0.4) is 0 Å². The van der Waals surface area contributed by atoms with Gasteiger partial charge >= 0.3 is 0 Å². The van der Waals surface area contributed by atoms with E-state index in [1.165, 1.54) is 0 Å². The number of hydrogen-bond donors (Lipinski definition) is 1. The second-order valence-corrected chi connectivity index (χ2v) is 7.11. The minimum atomic E-state index is -0.0321. The highest BCUT2D eigenvalue weighted by molar-refractivity contribution is 5.88. The molecule has 1 amide bonds. The van der Waals surface area contributed by atoms with E-state index in [1.54, 1.807) is 0 Å². The van der Waals surface area contributed by atoms with Crippen molar-refractivity contribution < 1.29 is 9.53 Å². The van der Waals surface area contributed by atoms with Gasteiger partial charge in [-0.15, -0.1) is 0 Å². The molecule has 4 heteroatoms. The van der Waals surface area contributed by atoms with Crippen molar-refractivity contribution in [3.05, 3.63) is 102 Å². The highest BCUT2D eigenvalue weighted by Crippen LogP contribution is 2.27. The Morgan fingerprint density at radius 1 is 0.931 bits per heavy atom. The summed E-state index contributed by atoms with van der Waals surface area (Å²) in [6.07, 6.45) is 1.94. The van der Waals surface area contributed by atoms with Gasteiger partial charge in [-0.05, 0) is 36.2 Å². The summed E-state index contributed by atoms with van der Waals surface area (Å²) in [5.41, 5.74) is 3.20. The van der Waals surface area contributed by atoms with Crippen LogP contribution in [-0.4, -0.2) is 10.5 Å². The highest BCUT2D eigenvalue weighted by atomic mass is 16.5. The molecule has 4 rings (SSSR count). The zero-order valence-electron chi connectivity index (χ0n) is 16.4. The third-order valence-corrected chi connectivity index (χ3v) is 5.00. The van der Waals surface area contributed by atoms with Gasteiger partial charge in [0.25, 0.3) is 0 Å². The average molecular weight is 384 g/mol. The summed E-state index contributed by atoms with van der Waals surface area (Å²) in [6.45, 7) is 2.78. The second kappa shape index (κ2) is 8.65. The Labute approximate surface area is 170 Å². The molecule has 0 spiro atoms. The van der Waals surface area contributed by atoms with Crippen molar-refractivity contribution in [1.29, 1.82) is 0 Å². The summed E-state index contributed by atoms with van der Waals surface area (Å²) in [5.74, 6) is 0.803. The minimum absolute atomic E-state index is 0.0190. The van der Waals surface area contributed by atoms with Gasteiger partial charge in [0.15, 0.2) is 0 Å². The topological polar surface area (TPSA) is 43.3 Å². The monoisotopic (exact) mass is 384 g/mol. The van der Waals surface area contributed by atoms with Crippen LogP contribution in [0.2, 0.25) is 0 Å². The maximum absolute atomic E-state index is 12.6. The molecule has 1 N–H and O–H groups in total. The lowest BCUT2D eigenvalue weighted by atomic mass is 10.1. The number of fused-ring (bicyclic) bond motifs is 1. The number of benzene rings is 3. The van der Waals surface area contributed by atoms with Crippen LogP contribution in [0, 0.1) is 0 Å². The average Bonchev–Trinajstić information content (AvgIpc) is 3.17. The summed E-state index contributed by atoms with van der Waals surface area (Å²) >= 11 is 0. The van der Waals surface area contributed by atoms with Crippen molar-refractivity contribution in [3.8, 4) is 5.75 Å². The third kappa shape index (κ3) is 4.49. The normalized spacial score (nSPS) is 11.9. The van der Waals surface area contributed by atoms with Crippen molar-refractivity contribution in [2.45, 2.75) is 26.1 Å². The molecule has 1 unspecified atom stereocenters. The first-order valence-corrected chi connectivity index (χ1v) is 9.79. The lowest BCUT2D eigenvalue weighted by molar-refractivity contribution is -0.122. The molecule has 0 saturated carbocycles. The van der Waals surface area contributed by atoms with Gasteiger partial charge in [-0.1, -0.05) is 66.7 Å². The smallest absolute Gasteiger partial charge is 0.240 e. The SMILES string of the molecule is CC(NC(=O)Cn1ccc2c(OCc3ccccc3)cccc21)c1ccccc1. The molecule has 1 atom stereocenters. The zero-order chi connectivity index (χ0) is 20.1. The largest absolute Gasteiger partial charge is 0.488 e. The van der Waals surface area contributed by atoms with Gasteiger partial charge in [0, 0.05) is 11.6 Å². The van der Waals surface area contributed by atoms with Crippen LogP contribution in [0.25, 0.3) is 10.9 Å². The van der Waals surface area contributed by atoms with E-state index >= 15 is 0 Å². The number of rotatable bonds is 7. The minimum Gasteiger partial charge on any atom is -0.488 e. The summed E-state index contributed by atoms with van der Waals surface area (Å²) in [7, 11) is 0. The number of hydrogen-bond acceptors (Lipinski definition) is 2. The van der Waals surface area contributed by atoms with Crippen molar-refractivity contribution in [3.63, 3.8) is 0 Å². The summed E-state index contributed by atoms with van der Waals surface area (Å²) < 4.78 is 7.99. The number of nitrogens with zero attached hydrogens (tertiary/aromatic N) is 1. The predicted octanol–water partition coefficient (Wildman–Crippen LogP) is 5.10. The quantitative estimate of drug-likeness (QED) is 0.482. The molecule has 4 aromatic rings. The molecule has 4 nitrogen and oxygen atoms in total. The van der Waals surface area contributed by atoms with E-state index in [1.807, 2.05) is 103 Å². The second-order valence-electron chi connectivity index (χ2n) is 7.11. The molecule has 146 valence electrons. The van der Waals surface area contributed by atoms with E-state index in [0.29, 0.717) is 6.61 Å². The molecule has 1 aromatic heterocycles. The number of nitrogens with one attached hydrogen (secondary N) is 1. The van der Waals surface area contributed by atoms with E-state index in [0.717, 1.165) is 27.8 Å². The van der Waals surface area contributed by atoms with E-state index < -0.39 is 0 Å². The molecular weight excluding hydrogens is 360 g/mol. The molecule has 0 aliphatic carbocycles. The van der Waals surface area contributed by atoms with Crippen LogP contribution in [-0.2, 0) is 17.9 Å². The molecule has 1 heterocycles. The number of aromatic nitrogens is 1. The van der Waals surface area contributed by atoms with Crippen LogP contribution in [0.15, 0.2) is 91.1 Å². The molecule has 3 aromatic carbocycles. The first-order chi connectivity index (χ1) is 14.2. The van der Waals surface area contributed by atoms with Crippen LogP contribution >= 0.6 is 0 Å². The standard InChI is InChI=1S/C25H24N2O2/c1-19(21-11-6-3-7-12-21)26-25(28)17-27-16-15-22-23(27)13-8-14-24(22)29-18-20-9-4-2-5-10-20/h2-16,19H,17-18H2,1H3,(H,26,28). The van der Waals surface area contributed by atoms with Crippen molar-refractivity contribution >= 4 is 16.8 Å². The molecule has 0 fully saturated rings. The Morgan fingerprint density at radius 3 is 2.41 bits per heavy atom. The maximum atomic E-state index is 12.6. The van der Waals surface area contributed by atoms with Gasteiger partial charge in [0.05, 0.1) is 11.6 Å². The van der Waals surface area contributed by atoms with Crippen molar-refractivity contribution in [1.82, 2.24) is 9.88 Å². The van der Waals surface area contributed by atoms with E-state index in [4.69, 9.17) is 4.74 Å². The van der Waals surface area contributed by atoms with Crippen LogP contribution in [0.5, 0.6) is 5.75 Å². The third-order valence-electron chi connectivity index (χ3n) is 5.00. The van der Waals surface area contributed by atoms with Crippen LogP contribution < -0.4 is 10.1 Å². The number of carbonyl (C=O) groups excluding carboxylic acids is 1. The lowest BCUT2D eigenvalue weighted by Crippen LogP contribution is -2.29. The van der Waals surface area contributed by atoms with E-state index in [2.05, 4.69) is 5.32 Å². The summed E-state index contributed by atoms with van der Waals surface area (Å²) in [5, 5.41) is 4.08. The summed E-state index contributed by atoms with van der Waals surface area (Å²) in [4.78, 5) is 12.6. The fraction of sp³-hybridized carbons (Fsp3) is 0.160. The Hall–Kier alpha value is -3.53. The fourth-order valence-electron chi connectivity index (χ4n) is 3.46.